The molecule has 1 saturated heterocycles. The molecule has 0 aromatic heterocycles. The Kier molecular flexibility index (Phi) is 3.53. The second kappa shape index (κ2) is 4.24. The van der Waals surface area contributed by atoms with Crippen LogP contribution in [0, 0.1) is 5.92 Å². The molecule has 2 nitrogen and oxygen atoms in total. The van der Waals surface area contributed by atoms with E-state index in [-0.39, 0.29) is 0 Å². The highest BCUT2D eigenvalue weighted by Crippen LogP contribution is 2.13. The van der Waals surface area contributed by atoms with Crippen molar-refractivity contribution in [2.75, 3.05) is 39.9 Å². The molecule has 1 atom stereocenters. The molecule has 1 rings (SSSR count). The molecule has 0 spiro atoms. The number of quaternary nitrogens is 1. The molecule has 72 valence electrons. The van der Waals surface area contributed by atoms with E-state index in [1.165, 1.54) is 30.5 Å². The summed E-state index contributed by atoms with van der Waals surface area (Å²) in [6, 6.07) is 0. The van der Waals surface area contributed by atoms with E-state index in [2.05, 4.69) is 20.9 Å². The highest BCUT2D eigenvalue weighted by molar-refractivity contribution is 4.52. The first-order valence-corrected chi connectivity index (χ1v) is 5.07. The minimum atomic E-state index is 0.855. The zero-order valence-corrected chi connectivity index (χ0v) is 8.68. The van der Waals surface area contributed by atoms with Gasteiger partial charge in [0, 0.05) is 5.92 Å². The summed E-state index contributed by atoms with van der Waals surface area (Å²) in [7, 11) is 2.36. The number of likely N-dealkylation sites (N-methyl/N-ethyl adjacent to an activating group) is 1. The molecule has 12 heavy (non-hydrogen) atoms. The van der Waals surface area contributed by atoms with Crippen molar-refractivity contribution >= 4 is 0 Å². The number of rotatable bonds is 3. The van der Waals surface area contributed by atoms with Crippen LogP contribution in [0.1, 0.15) is 20.3 Å². The lowest BCUT2D eigenvalue weighted by molar-refractivity contribution is -0.919. The first-order chi connectivity index (χ1) is 5.66. The molecule has 1 unspecified atom stereocenters. The van der Waals surface area contributed by atoms with Crippen molar-refractivity contribution in [1.82, 2.24) is 0 Å². The molecular weight excluding hydrogens is 150 g/mol. The van der Waals surface area contributed by atoms with Crippen LogP contribution in [0.15, 0.2) is 0 Å². The Balaban J connectivity index is 2.35. The summed E-state index contributed by atoms with van der Waals surface area (Å²) in [6.07, 6.45) is 1.30. The highest BCUT2D eigenvalue weighted by atomic mass is 16.5. The lowest BCUT2D eigenvalue weighted by Crippen LogP contribution is -2.53. The monoisotopic (exact) mass is 172 g/mol. The molecule has 1 aliphatic heterocycles. The van der Waals surface area contributed by atoms with Crippen LogP contribution in [0.2, 0.25) is 0 Å². The van der Waals surface area contributed by atoms with Crippen LogP contribution in [-0.2, 0) is 4.74 Å². The SMILES string of the molecule is CCC(C)C[N+]1(C)CCOCC1. The van der Waals surface area contributed by atoms with Gasteiger partial charge in [0.25, 0.3) is 0 Å². The van der Waals surface area contributed by atoms with Crippen molar-refractivity contribution in [1.29, 1.82) is 0 Å². The van der Waals surface area contributed by atoms with Crippen molar-refractivity contribution in [2.45, 2.75) is 20.3 Å². The van der Waals surface area contributed by atoms with Crippen molar-refractivity contribution in [3.63, 3.8) is 0 Å². The van der Waals surface area contributed by atoms with Gasteiger partial charge in [-0.05, 0) is 6.42 Å². The van der Waals surface area contributed by atoms with Crippen LogP contribution < -0.4 is 0 Å². The molecule has 0 aromatic carbocycles. The molecule has 2 heteroatoms. The summed E-state index contributed by atoms with van der Waals surface area (Å²) in [5.74, 6) is 0.855. The third-order valence-corrected chi connectivity index (χ3v) is 3.00. The Bertz CT molecular complexity index is 130. The van der Waals surface area contributed by atoms with Gasteiger partial charge in [0.2, 0.25) is 0 Å². The minimum Gasteiger partial charge on any atom is -0.370 e. The van der Waals surface area contributed by atoms with E-state index in [0.29, 0.717) is 0 Å². The molecule has 0 saturated carbocycles. The van der Waals surface area contributed by atoms with Crippen molar-refractivity contribution < 1.29 is 9.22 Å². The van der Waals surface area contributed by atoms with E-state index >= 15 is 0 Å². The van der Waals surface area contributed by atoms with Crippen LogP contribution in [0.4, 0.5) is 0 Å². The standard InChI is InChI=1S/C10H22NO/c1-4-10(2)9-11(3)5-7-12-8-6-11/h10H,4-9H2,1-3H3/q+1. The van der Waals surface area contributed by atoms with Gasteiger partial charge < -0.3 is 9.22 Å². The average molecular weight is 172 g/mol. The molecule has 1 heterocycles. The fourth-order valence-corrected chi connectivity index (χ4v) is 1.85. The minimum absolute atomic E-state index is 0.855. The summed E-state index contributed by atoms with van der Waals surface area (Å²) in [6.45, 7) is 10.2. The van der Waals surface area contributed by atoms with Crippen LogP contribution in [0.5, 0.6) is 0 Å². The van der Waals surface area contributed by atoms with Crippen LogP contribution >= 0.6 is 0 Å². The maximum absolute atomic E-state index is 5.36. The fourth-order valence-electron chi connectivity index (χ4n) is 1.85. The fraction of sp³-hybridized carbons (Fsp3) is 1.00. The van der Waals surface area contributed by atoms with Crippen LogP contribution in [0.25, 0.3) is 0 Å². The summed E-state index contributed by atoms with van der Waals surface area (Å²) < 4.78 is 6.58. The van der Waals surface area contributed by atoms with Crippen LogP contribution in [0.3, 0.4) is 0 Å². The summed E-state index contributed by atoms with van der Waals surface area (Å²) in [5.41, 5.74) is 0. The maximum atomic E-state index is 5.36. The van der Waals surface area contributed by atoms with E-state index in [9.17, 15) is 0 Å². The van der Waals surface area contributed by atoms with Gasteiger partial charge in [0.05, 0.1) is 26.8 Å². The Morgan fingerprint density at radius 1 is 1.33 bits per heavy atom. The quantitative estimate of drug-likeness (QED) is 0.586. The van der Waals surface area contributed by atoms with Crippen LogP contribution in [-0.4, -0.2) is 44.4 Å². The zero-order valence-electron chi connectivity index (χ0n) is 8.68. The molecule has 0 aliphatic carbocycles. The molecule has 1 aliphatic rings. The molecule has 0 aromatic rings. The Labute approximate surface area is 76.1 Å². The van der Waals surface area contributed by atoms with E-state index in [1.807, 2.05) is 0 Å². The highest BCUT2D eigenvalue weighted by Gasteiger charge is 2.26. The van der Waals surface area contributed by atoms with Gasteiger partial charge in [-0.15, -0.1) is 0 Å². The number of nitrogens with zero attached hydrogens (tertiary/aromatic N) is 1. The summed E-state index contributed by atoms with van der Waals surface area (Å²) >= 11 is 0. The topological polar surface area (TPSA) is 9.23 Å². The van der Waals surface area contributed by atoms with Gasteiger partial charge in [-0.25, -0.2) is 0 Å². The lowest BCUT2D eigenvalue weighted by Gasteiger charge is -2.39. The van der Waals surface area contributed by atoms with Gasteiger partial charge in [-0.1, -0.05) is 13.8 Å². The number of ether oxygens (including phenoxy) is 1. The van der Waals surface area contributed by atoms with Crippen molar-refractivity contribution in [3.8, 4) is 0 Å². The molecular formula is C10H22NO+. The molecule has 0 radical (unpaired) electrons. The molecule has 1 fully saturated rings. The normalized spacial score (nSPS) is 25.2. The Morgan fingerprint density at radius 2 is 1.92 bits per heavy atom. The smallest absolute Gasteiger partial charge is 0.102 e. The predicted molar refractivity (Wildman–Crippen MR) is 51.1 cm³/mol. The zero-order chi connectivity index (χ0) is 9.03. The second-order valence-electron chi connectivity index (χ2n) is 4.38. The third kappa shape index (κ3) is 2.76. The Hall–Kier alpha value is -0.0800. The van der Waals surface area contributed by atoms with Crippen molar-refractivity contribution in [2.24, 2.45) is 5.92 Å². The van der Waals surface area contributed by atoms with Gasteiger partial charge in [-0.3, -0.25) is 0 Å². The summed E-state index contributed by atoms with van der Waals surface area (Å²) in [4.78, 5) is 0. The van der Waals surface area contributed by atoms with Gasteiger partial charge in [0.15, 0.2) is 0 Å². The first-order valence-electron chi connectivity index (χ1n) is 5.07. The van der Waals surface area contributed by atoms with Crippen molar-refractivity contribution in [3.05, 3.63) is 0 Å². The van der Waals surface area contributed by atoms with E-state index in [4.69, 9.17) is 4.74 Å². The molecule has 0 N–H and O–H groups in total. The first kappa shape index (κ1) is 10.0. The average Bonchev–Trinajstić information content (AvgIpc) is 2.05. The van der Waals surface area contributed by atoms with Gasteiger partial charge in [0.1, 0.15) is 13.1 Å². The largest absolute Gasteiger partial charge is 0.370 e. The van der Waals surface area contributed by atoms with Gasteiger partial charge in [-0.2, -0.15) is 0 Å². The third-order valence-electron chi connectivity index (χ3n) is 3.00. The van der Waals surface area contributed by atoms with E-state index < -0.39 is 0 Å². The lowest BCUT2D eigenvalue weighted by atomic mass is 10.1. The number of hydrogen-bond acceptors (Lipinski definition) is 1. The number of morpholine rings is 1. The summed E-state index contributed by atoms with van der Waals surface area (Å²) in [5, 5.41) is 0. The maximum Gasteiger partial charge on any atom is 0.102 e. The van der Waals surface area contributed by atoms with E-state index in [0.717, 1.165) is 19.1 Å². The Morgan fingerprint density at radius 3 is 2.42 bits per heavy atom. The van der Waals surface area contributed by atoms with E-state index in [1.54, 1.807) is 0 Å². The number of hydrogen-bond donors (Lipinski definition) is 0. The van der Waals surface area contributed by atoms with Gasteiger partial charge >= 0.3 is 0 Å². The molecule has 0 bridgehead atoms. The molecule has 0 amide bonds. The second-order valence-corrected chi connectivity index (χ2v) is 4.38. The predicted octanol–water partition coefficient (Wildman–Crippen LogP) is 1.51.